The number of carboxylic acid groups (broad SMARTS) is 1. The van der Waals surface area contributed by atoms with Crippen LogP contribution in [0.4, 0.5) is 4.79 Å². The summed E-state index contributed by atoms with van der Waals surface area (Å²) >= 11 is 0. The summed E-state index contributed by atoms with van der Waals surface area (Å²) < 4.78 is 0. The summed E-state index contributed by atoms with van der Waals surface area (Å²) in [6.07, 6.45) is 0.642. The van der Waals surface area contributed by atoms with E-state index in [2.05, 4.69) is 16.0 Å². The highest BCUT2D eigenvalue weighted by molar-refractivity contribution is 6.01. The van der Waals surface area contributed by atoms with E-state index in [0.29, 0.717) is 0 Å². The molecule has 0 aromatic carbocycles. The molecule has 4 N–H and O–H groups in total. The highest BCUT2D eigenvalue weighted by Crippen LogP contribution is 2.06. The normalized spacial score (nSPS) is 20.2. The highest BCUT2D eigenvalue weighted by Gasteiger charge is 2.29. The molecule has 1 aliphatic rings. The predicted octanol–water partition coefficient (Wildman–Crippen LogP) is -0.410. The lowest BCUT2D eigenvalue weighted by molar-refractivity contribution is -0.139. The van der Waals surface area contributed by atoms with Gasteiger partial charge >= 0.3 is 12.0 Å². The van der Waals surface area contributed by atoms with Crippen LogP contribution in [0.5, 0.6) is 0 Å². The number of aliphatic carboxylic acids is 1. The van der Waals surface area contributed by atoms with Gasteiger partial charge in [0.1, 0.15) is 12.1 Å². The number of imide groups is 1. The number of carbonyl (C=O) groups is 4. The minimum atomic E-state index is -1.13. The van der Waals surface area contributed by atoms with Gasteiger partial charge in [-0.2, -0.15) is 0 Å². The third kappa shape index (κ3) is 4.87. The third-order valence-electron chi connectivity index (χ3n) is 2.86. The summed E-state index contributed by atoms with van der Waals surface area (Å²) in [5.74, 6) is -1.98. The number of hydrogen-bond donors (Lipinski definition) is 4. The highest BCUT2D eigenvalue weighted by atomic mass is 16.4. The quantitative estimate of drug-likeness (QED) is 0.511. The fourth-order valence-corrected chi connectivity index (χ4v) is 1.88. The van der Waals surface area contributed by atoms with E-state index in [-0.39, 0.29) is 31.1 Å². The third-order valence-corrected chi connectivity index (χ3v) is 2.86. The molecule has 20 heavy (non-hydrogen) atoms. The SMILES string of the molecule is CC(C)C[C@@H](NC(=O)NC1CCC(=O)NC1=O)C(=O)O. The number of piperidine rings is 1. The van der Waals surface area contributed by atoms with Crippen LogP contribution in [-0.2, 0) is 14.4 Å². The molecule has 112 valence electrons. The zero-order chi connectivity index (χ0) is 15.3. The molecular weight excluding hydrogens is 266 g/mol. The second-order valence-electron chi connectivity index (χ2n) is 5.14. The van der Waals surface area contributed by atoms with Crippen molar-refractivity contribution in [2.75, 3.05) is 0 Å². The molecule has 0 radical (unpaired) electrons. The molecular formula is C12H19N3O5. The van der Waals surface area contributed by atoms with Crippen LogP contribution in [0.1, 0.15) is 33.1 Å². The van der Waals surface area contributed by atoms with Crippen molar-refractivity contribution >= 4 is 23.8 Å². The lowest BCUT2D eigenvalue weighted by atomic mass is 10.0. The first-order chi connectivity index (χ1) is 9.29. The minimum Gasteiger partial charge on any atom is -0.480 e. The van der Waals surface area contributed by atoms with Gasteiger partial charge in [0.05, 0.1) is 0 Å². The second kappa shape index (κ2) is 6.88. The summed E-state index contributed by atoms with van der Waals surface area (Å²) in [5.41, 5.74) is 0. The molecule has 8 nitrogen and oxygen atoms in total. The van der Waals surface area contributed by atoms with Crippen LogP contribution in [0.3, 0.4) is 0 Å². The number of rotatable bonds is 5. The summed E-state index contributed by atoms with van der Waals surface area (Å²) in [6, 6.07) is -2.56. The van der Waals surface area contributed by atoms with Gasteiger partial charge in [0.15, 0.2) is 0 Å². The number of hydrogen-bond acceptors (Lipinski definition) is 4. The molecule has 1 heterocycles. The Kier molecular flexibility index (Phi) is 5.48. The Morgan fingerprint density at radius 1 is 1.40 bits per heavy atom. The van der Waals surface area contributed by atoms with E-state index in [9.17, 15) is 19.2 Å². The van der Waals surface area contributed by atoms with Gasteiger partial charge in [0, 0.05) is 6.42 Å². The average molecular weight is 285 g/mol. The molecule has 1 aliphatic heterocycles. The molecule has 0 bridgehead atoms. The van der Waals surface area contributed by atoms with Gasteiger partial charge in [-0.15, -0.1) is 0 Å². The van der Waals surface area contributed by atoms with Crippen molar-refractivity contribution in [3.63, 3.8) is 0 Å². The Morgan fingerprint density at radius 3 is 2.55 bits per heavy atom. The van der Waals surface area contributed by atoms with Gasteiger partial charge in [-0.3, -0.25) is 14.9 Å². The molecule has 1 unspecified atom stereocenters. The van der Waals surface area contributed by atoms with E-state index in [1.807, 2.05) is 13.8 Å². The molecule has 0 spiro atoms. The summed E-state index contributed by atoms with van der Waals surface area (Å²) in [7, 11) is 0. The van der Waals surface area contributed by atoms with Gasteiger partial charge < -0.3 is 15.7 Å². The molecule has 8 heteroatoms. The lowest BCUT2D eigenvalue weighted by Gasteiger charge is -2.23. The van der Waals surface area contributed by atoms with E-state index in [4.69, 9.17) is 5.11 Å². The first kappa shape index (κ1) is 15.9. The second-order valence-corrected chi connectivity index (χ2v) is 5.14. The standard InChI is InChI=1S/C12H19N3O5/c1-6(2)5-8(11(18)19)14-12(20)13-7-3-4-9(16)15-10(7)17/h6-8H,3-5H2,1-2H3,(H,18,19)(H2,13,14,20)(H,15,16,17)/t7?,8-/m1/s1. The van der Waals surface area contributed by atoms with E-state index in [1.165, 1.54) is 0 Å². The van der Waals surface area contributed by atoms with Gasteiger partial charge in [0.25, 0.3) is 0 Å². The number of nitrogens with one attached hydrogen (secondary N) is 3. The summed E-state index contributed by atoms with van der Waals surface area (Å²) in [5, 5.41) is 15.8. The monoisotopic (exact) mass is 285 g/mol. The van der Waals surface area contributed by atoms with Crippen LogP contribution in [0.25, 0.3) is 0 Å². The molecule has 0 saturated carbocycles. The van der Waals surface area contributed by atoms with Crippen LogP contribution in [-0.4, -0.2) is 41.0 Å². The summed E-state index contributed by atoms with van der Waals surface area (Å²) in [4.78, 5) is 45.1. The van der Waals surface area contributed by atoms with Crippen LogP contribution in [0, 0.1) is 5.92 Å². The Morgan fingerprint density at radius 2 is 2.05 bits per heavy atom. The Hall–Kier alpha value is -2.12. The van der Waals surface area contributed by atoms with E-state index in [1.54, 1.807) is 0 Å². The van der Waals surface area contributed by atoms with Crippen LogP contribution >= 0.6 is 0 Å². The molecule has 1 saturated heterocycles. The number of amides is 4. The summed E-state index contributed by atoms with van der Waals surface area (Å²) in [6.45, 7) is 3.69. The topological polar surface area (TPSA) is 125 Å². The molecule has 1 fully saturated rings. The van der Waals surface area contributed by atoms with Crippen molar-refractivity contribution in [1.29, 1.82) is 0 Å². The van der Waals surface area contributed by atoms with Crippen molar-refractivity contribution in [2.45, 2.75) is 45.2 Å². The zero-order valence-electron chi connectivity index (χ0n) is 11.4. The fraction of sp³-hybridized carbons (Fsp3) is 0.667. The maximum Gasteiger partial charge on any atom is 0.326 e. The van der Waals surface area contributed by atoms with Crippen molar-refractivity contribution in [1.82, 2.24) is 16.0 Å². The van der Waals surface area contributed by atoms with Gasteiger partial charge in [0.2, 0.25) is 11.8 Å². The maximum atomic E-state index is 11.7. The van der Waals surface area contributed by atoms with Crippen molar-refractivity contribution in [2.24, 2.45) is 5.92 Å². The zero-order valence-corrected chi connectivity index (χ0v) is 11.4. The lowest BCUT2D eigenvalue weighted by Crippen LogP contribution is -2.56. The maximum absolute atomic E-state index is 11.7. The van der Waals surface area contributed by atoms with E-state index >= 15 is 0 Å². The average Bonchev–Trinajstić information content (AvgIpc) is 2.31. The first-order valence-electron chi connectivity index (χ1n) is 6.43. The number of carbonyl (C=O) groups excluding carboxylic acids is 3. The van der Waals surface area contributed by atoms with E-state index < -0.39 is 30.0 Å². The Bertz CT molecular complexity index is 421. The van der Waals surface area contributed by atoms with Gasteiger partial charge in [-0.1, -0.05) is 13.8 Å². The van der Waals surface area contributed by atoms with Crippen LogP contribution < -0.4 is 16.0 Å². The van der Waals surface area contributed by atoms with Crippen LogP contribution in [0.15, 0.2) is 0 Å². The molecule has 1 rings (SSSR count). The number of carboxylic acids is 1. The minimum absolute atomic E-state index is 0.104. The van der Waals surface area contributed by atoms with Crippen molar-refractivity contribution in [3.05, 3.63) is 0 Å². The Balaban J connectivity index is 2.51. The molecule has 0 aromatic heterocycles. The number of urea groups is 1. The van der Waals surface area contributed by atoms with Gasteiger partial charge in [-0.25, -0.2) is 9.59 Å². The fourth-order valence-electron chi connectivity index (χ4n) is 1.88. The molecule has 4 amide bonds. The predicted molar refractivity (Wildman–Crippen MR) is 68.7 cm³/mol. The van der Waals surface area contributed by atoms with Crippen molar-refractivity contribution in [3.8, 4) is 0 Å². The van der Waals surface area contributed by atoms with Crippen molar-refractivity contribution < 1.29 is 24.3 Å². The van der Waals surface area contributed by atoms with E-state index in [0.717, 1.165) is 0 Å². The smallest absolute Gasteiger partial charge is 0.326 e. The van der Waals surface area contributed by atoms with Gasteiger partial charge in [-0.05, 0) is 18.8 Å². The molecule has 0 aliphatic carbocycles. The largest absolute Gasteiger partial charge is 0.480 e. The molecule has 2 atom stereocenters. The van der Waals surface area contributed by atoms with Crippen LogP contribution in [0.2, 0.25) is 0 Å². The Labute approximate surface area is 116 Å². The molecule has 0 aromatic rings. The first-order valence-corrected chi connectivity index (χ1v) is 6.43.